The van der Waals surface area contributed by atoms with Crippen molar-refractivity contribution in [3.63, 3.8) is 0 Å². The molecule has 2 unspecified atom stereocenters. The molecule has 7 heteroatoms. The predicted octanol–water partition coefficient (Wildman–Crippen LogP) is 3.09. The van der Waals surface area contributed by atoms with E-state index in [1.165, 1.54) is 0 Å². The van der Waals surface area contributed by atoms with Crippen LogP contribution in [0.1, 0.15) is 64.4 Å². The van der Waals surface area contributed by atoms with Crippen LogP contribution in [-0.2, 0) is 25.6 Å². The summed E-state index contributed by atoms with van der Waals surface area (Å²) in [6, 6.07) is 8.38. The molecule has 0 radical (unpaired) electrons. The van der Waals surface area contributed by atoms with Gasteiger partial charge in [-0.2, -0.15) is 0 Å². The largest absolute Gasteiger partial charge is 0.356 e. The van der Waals surface area contributed by atoms with Crippen LogP contribution in [-0.4, -0.2) is 42.6 Å². The first-order chi connectivity index (χ1) is 16.8. The molecule has 1 saturated heterocycles. The van der Waals surface area contributed by atoms with E-state index in [2.05, 4.69) is 22.0 Å². The highest BCUT2D eigenvalue weighted by molar-refractivity contribution is 5.90. The summed E-state index contributed by atoms with van der Waals surface area (Å²) in [7, 11) is 0. The van der Waals surface area contributed by atoms with Gasteiger partial charge in [0.05, 0.1) is 11.5 Å². The molecule has 4 atom stereocenters. The molecule has 2 aliphatic heterocycles. The smallest absolute Gasteiger partial charge is 0.243 e. The molecule has 1 spiro atoms. The summed E-state index contributed by atoms with van der Waals surface area (Å²) >= 11 is 0. The third-order valence-electron chi connectivity index (χ3n) is 7.11. The quantitative estimate of drug-likeness (QED) is 0.444. The second kappa shape index (κ2) is 12.7. The molecule has 0 aromatic heterocycles. The van der Waals surface area contributed by atoms with Crippen molar-refractivity contribution in [2.75, 3.05) is 6.54 Å². The number of hydrogen-bond donors (Lipinski definition) is 3. The molecule has 190 valence electrons. The van der Waals surface area contributed by atoms with Crippen LogP contribution in [0, 0.1) is 17.3 Å². The zero-order chi connectivity index (χ0) is 25.3. The van der Waals surface area contributed by atoms with Crippen LogP contribution in [0.2, 0.25) is 0 Å². The number of aldehydes is 1. The fraction of sp³-hybridized carbons (Fsp3) is 0.571. The molecule has 3 amide bonds. The standard InChI is InChI=1S/C28H39N3O4/c1-20(2)16-24-26(34)30-23(19-32)18-28(14-15-29-27(28)35)13-9-4-3-8-12-22(25(33)31-24)17-21-10-6-5-7-11-21/h4-7,9-11,19-20,22-24H,3,8,12-18H2,1-2H3,(H,29,35)(H,30,34)(H,31,33)/t22?,23-,24-,28?/m0/s1. The Morgan fingerprint density at radius 2 is 1.83 bits per heavy atom. The molecule has 35 heavy (non-hydrogen) atoms. The fourth-order valence-electron chi connectivity index (χ4n) is 5.15. The molecule has 0 saturated carbocycles. The lowest BCUT2D eigenvalue weighted by Gasteiger charge is -2.29. The van der Waals surface area contributed by atoms with Crippen molar-refractivity contribution in [1.29, 1.82) is 0 Å². The molecule has 0 bridgehead atoms. The van der Waals surface area contributed by atoms with Crippen LogP contribution in [0.4, 0.5) is 0 Å². The summed E-state index contributed by atoms with van der Waals surface area (Å²) in [4.78, 5) is 51.3. The van der Waals surface area contributed by atoms with E-state index in [0.29, 0.717) is 44.9 Å². The van der Waals surface area contributed by atoms with Crippen LogP contribution in [0.15, 0.2) is 42.5 Å². The molecule has 7 nitrogen and oxygen atoms in total. The minimum Gasteiger partial charge on any atom is -0.356 e. The predicted molar refractivity (Wildman–Crippen MR) is 135 cm³/mol. The number of allylic oxidation sites excluding steroid dienone is 2. The van der Waals surface area contributed by atoms with Crippen molar-refractivity contribution >= 4 is 24.0 Å². The number of nitrogens with one attached hydrogen (secondary N) is 3. The Balaban J connectivity index is 1.86. The van der Waals surface area contributed by atoms with Crippen molar-refractivity contribution in [1.82, 2.24) is 16.0 Å². The first kappa shape index (κ1) is 26.6. The van der Waals surface area contributed by atoms with Gasteiger partial charge >= 0.3 is 0 Å². The van der Waals surface area contributed by atoms with E-state index in [1.54, 1.807) is 0 Å². The molecular weight excluding hydrogens is 442 g/mol. The highest BCUT2D eigenvalue weighted by Gasteiger charge is 2.43. The zero-order valence-corrected chi connectivity index (χ0v) is 20.9. The fourth-order valence-corrected chi connectivity index (χ4v) is 5.15. The molecule has 1 aromatic rings. The Morgan fingerprint density at radius 1 is 1.06 bits per heavy atom. The lowest BCUT2D eigenvalue weighted by molar-refractivity contribution is -0.133. The Kier molecular flexibility index (Phi) is 9.64. The van der Waals surface area contributed by atoms with Crippen molar-refractivity contribution in [2.45, 2.75) is 77.3 Å². The number of benzene rings is 1. The van der Waals surface area contributed by atoms with Gasteiger partial charge in [-0.05, 0) is 62.8 Å². The van der Waals surface area contributed by atoms with Crippen molar-refractivity contribution in [2.24, 2.45) is 17.3 Å². The normalized spacial score (nSPS) is 28.7. The van der Waals surface area contributed by atoms with Crippen molar-refractivity contribution < 1.29 is 19.2 Å². The summed E-state index contributed by atoms with van der Waals surface area (Å²) in [6.45, 7) is 4.56. The number of amides is 3. The first-order valence-corrected chi connectivity index (χ1v) is 12.9. The van der Waals surface area contributed by atoms with Gasteiger partial charge in [0.25, 0.3) is 0 Å². The lowest BCUT2D eigenvalue weighted by atomic mass is 9.77. The average Bonchev–Trinajstić information content (AvgIpc) is 3.18. The van der Waals surface area contributed by atoms with Crippen molar-refractivity contribution in [3.05, 3.63) is 48.0 Å². The lowest BCUT2D eigenvalue weighted by Crippen LogP contribution is -2.53. The maximum atomic E-state index is 13.4. The van der Waals surface area contributed by atoms with E-state index >= 15 is 0 Å². The summed E-state index contributed by atoms with van der Waals surface area (Å²) < 4.78 is 0. The van der Waals surface area contributed by atoms with Gasteiger partial charge in [-0.1, -0.05) is 56.3 Å². The Bertz CT molecular complexity index is 914. The molecule has 3 rings (SSSR count). The van der Waals surface area contributed by atoms with Gasteiger partial charge in [0, 0.05) is 12.5 Å². The number of carbonyl (C=O) groups excluding carboxylic acids is 4. The van der Waals surface area contributed by atoms with Crippen LogP contribution in [0.25, 0.3) is 0 Å². The van der Waals surface area contributed by atoms with E-state index in [-0.39, 0.29) is 36.0 Å². The van der Waals surface area contributed by atoms with Crippen LogP contribution >= 0.6 is 0 Å². The summed E-state index contributed by atoms with van der Waals surface area (Å²) in [5.41, 5.74) is 0.378. The van der Waals surface area contributed by atoms with Gasteiger partial charge in [-0.15, -0.1) is 0 Å². The maximum absolute atomic E-state index is 13.4. The summed E-state index contributed by atoms with van der Waals surface area (Å²) in [5.74, 6) is -0.661. The highest BCUT2D eigenvalue weighted by Crippen LogP contribution is 2.36. The Morgan fingerprint density at radius 3 is 2.49 bits per heavy atom. The molecule has 2 aliphatic rings. The molecule has 1 fully saturated rings. The van der Waals surface area contributed by atoms with Crippen LogP contribution < -0.4 is 16.0 Å². The van der Waals surface area contributed by atoms with E-state index in [1.807, 2.05) is 50.3 Å². The van der Waals surface area contributed by atoms with E-state index in [9.17, 15) is 19.2 Å². The van der Waals surface area contributed by atoms with Crippen LogP contribution in [0.5, 0.6) is 0 Å². The highest BCUT2D eigenvalue weighted by atomic mass is 16.2. The van der Waals surface area contributed by atoms with Crippen LogP contribution in [0.3, 0.4) is 0 Å². The maximum Gasteiger partial charge on any atom is 0.243 e. The molecule has 1 aromatic carbocycles. The summed E-state index contributed by atoms with van der Waals surface area (Å²) in [5, 5.41) is 8.70. The van der Waals surface area contributed by atoms with Gasteiger partial charge in [0.2, 0.25) is 17.7 Å². The SMILES string of the molecule is CC(C)C[C@@H]1NC(=O)C(Cc2ccccc2)CCCC=CCC2(CCNC2=O)C[C@@H](C=O)NC1=O. The Hall–Kier alpha value is -2.96. The number of rotatable bonds is 5. The topological polar surface area (TPSA) is 104 Å². The number of hydrogen-bond acceptors (Lipinski definition) is 4. The minimum absolute atomic E-state index is 0.0671. The van der Waals surface area contributed by atoms with E-state index in [4.69, 9.17) is 0 Å². The second-order valence-electron chi connectivity index (χ2n) is 10.4. The Labute approximate surface area is 208 Å². The number of carbonyl (C=O) groups is 4. The minimum atomic E-state index is -0.795. The van der Waals surface area contributed by atoms with E-state index < -0.39 is 17.5 Å². The monoisotopic (exact) mass is 481 g/mol. The molecule has 0 aliphatic carbocycles. The molecule has 3 N–H and O–H groups in total. The van der Waals surface area contributed by atoms with E-state index in [0.717, 1.165) is 18.4 Å². The van der Waals surface area contributed by atoms with Gasteiger partial charge in [0.15, 0.2) is 0 Å². The van der Waals surface area contributed by atoms with Gasteiger partial charge in [-0.3, -0.25) is 14.4 Å². The summed E-state index contributed by atoms with van der Waals surface area (Å²) in [6.07, 6.45) is 9.60. The molecule has 2 heterocycles. The second-order valence-corrected chi connectivity index (χ2v) is 10.4. The third kappa shape index (κ3) is 7.51. The van der Waals surface area contributed by atoms with Gasteiger partial charge < -0.3 is 20.7 Å². The zero-order valence-electron chi connectivity index (χ0n) is 20.9. The van der Waals surface area contributed by atoms with Gasteiger partial charge in [0.1, 0.15) is 12.3 Å². The third-order valence-corrected chi connectivity index (χ3v) is 7.11. The van der Waals surface area contributed by atoms with Crippen molar-refractivity contribution in [3.8, 4) is 0 Å². The average molecular weight is 482 g/mol. The van der Waals surface area contributed by atoms with Gasteiger partial charge in [-0.25, -0.2) is 0 Å². The first-order valence-electron chi connectivity index (χ1n) is 12.9. The molecular formula is C28H39N3O4.